The highest BCUT2D eigenvalue weighted by Crippen LogP contribution is 2.18. The maximum absolute atomic E-state index is 12.8. The molecule has 0 atom stereocenters. The van der Waals surface area contributed by atoms with E-state index in [9.17, 15) is 4.39 Å². The van der Waals surface area contributed by atoms with E-state index in [1.165, 1.54) is 24.1 Å². The van der Waals surface area contributed by atoms with Crippen molar-refractivity contribution in [2.24, 2.45) is 0 Å². The SMILES string of the molecule is CCC[NH2+]Cc1ccccc1OCc1ccc(F)cc1. The lowest BCUT2D eigenvalue weighted by atomic mass is 10.2. The van der Waals surface area contributed by atoms with E-state index in [0.29, 0.717) is 6.61 Å². The highest BCUT2D eigenvalue weighted by molar-refractivity contribution is 5.32. The molecule has 0 aliphatic carbocycles. The molecule has 2 aromatic carbocycles. The Bertz CT molecular complexity index is 525. The van der Waals surface area contributed by atoms with E-state index in [4.69, 9.17) is 4.74 Å². The summed E-state index contributed by atoms with van der Waals surface area (Å²) in [6.45, 7) is 4.68. The number of ether oxygens (including phenoxy) is 1. The second-order valence-corrected chi connectivity index (χ2v) is 4.80. The normalized spacial score (nSPS) is 10.5. The lowest BCUT2D eigenvalue weighted by Crippen LogP contribution is -2.82. The van der Waals surface area contributed by atoms with Crippen LogP contribution < -0.4 is 10.1 Å². The van der Waals surface area contributed by atoms with Gasteiger partial charge in [0.05, 0.1) is 6.54 Å². The average molecular weight is 274 g/mol. The van der Waals surface area contributed by atoms with Gasteiger partial charge in [0.25, 0.3) is 0 Å². The molecule has 2 aromatic rings. The van der Waals surface area contributed by atoms with Gasteiger partial charge < -0.3 is 10.1 Å². The fourth-order valence-corrected chi connectivity index (χ4v) is 2.02. The number of benzene rings is 2. The van der Waals surface area contributed by atoms with E-state index < -0.39 is 0 Å². The summed E-state index contributed by atoms with van der Waals surface area (Å²) in [5.74, 6) is 0.687. The van der Waals surface area contributed by atoms with Crippen molar-refractivity contribution < 1.29 is 14.4 Å². The monoisotopic (exact) mass is 274 g/mol. The number of nitrogens with two attached hydrogens (primary N) is 1. The van der Waals surface area contributed by atoms with Crippen molar-refractivity contribution in [3.05, 3.63) is 65.5 Å². The Labute approximate surface area is 119 Å². The number of quaternary nitrogens is 1. The number of rotatable bonds is 7. The van der Waals surface area contributed by atoms with Crippen molar-refractivity contribution in [2.45, 2.75) is 26.5 Å². The van der Waals surface area contributed by atoms with Crippen LogP contribution in [0.4, 0.5) is 4.39 Å². The summed E-state index contributed by atoms with van der Waals surface area (Å²) in [6, 6.07) is 14.5. The molecule has 0 unspecified atom stereocenters. The van der Waals surface area contributed by atoms with Gasteiger partial charge in [-0.25, -0.2) is 4.39 Å². The van der Waals surface area contributed by atoms with E-state index in [0.717, 1.165) is 24.4 Å². The quantitative estimate of drug-likeness (QED) is 0.772. The molecule has 0 aliphatic heterocycles. The van der Waals surface area contributed by atoms with Gasteiger partial charge in [-0.2, -0.15) is 0 Å². The fourth-order valence-electron chi connectivity index (χ4n) is 2.02. The van der Waals surface area contributed by atoms with Gasteiger partial charge in [-0.05, 0) is 36.2 Å². The van der Waals surface area contributed by atoms with Gasteiger partial charge in [-0.1, -0.05) is 31.2 Å². The minimum Gasteiger partial charge on any atom is -0.488 e. The maximum Gasteiger partial charge on any atom is 0.128 e. The third-order valence-electron chi connectivity index (χ3n) is 3.14. The topological polar surface area (TPSA) is 25.8 Å². The molecule has 0 aliphatic rings. The van der Waals surface area contributed by atoms with Crippen molar-refractivity contribution >= 4 is 0 Å². The number of halogens is 1. The third-order valence-corrected chi connectivity index (χ3v) is 3.14. The van der Waals surface area contributed by atoms with E-state index in [1.807, 2.05) is 18.2 Å². The van der Waals surface area contributed by atoms with Crippen molar-refractivity contribution in [3.8, 4) is 5.75 Å². The zero-order valence-electron chi connectivity index (χ0n) is 11.8. The minimum atomic E-state index is -0.219. The Balaban J connectivity index is 1.96. The maximum atomic E-state index is 12.8. The van der Waals surface area contributed by atoms with Crippen LogP contribution in [0.3, 0.4) is 0 Å². The molecule has 0 heterocycles. The van der Waals surface area contributed by atoms with Crippen LogP contribution >= 0.6 is 0 Å². The Morgan fingerprint density at radius 1 is 1.05 bits per heavy atom. The molecule has 0 bridgehead atoms. The van der Waals surface area contributed by atoms with Crippen LogP contribution in [0.25, 0.3) is 0 Å². The van der Waals surface area contributed by atoms with Crippen LogP contribution in [0.15, 0.2) is 48.5 Å². The molecule has 0 radical (unpaired) electrons. The molecule has 20 heavy (non-hydrogen) atoms. The second-order valence-electron chi connectivity index (χ2n) is 4.80. The predicted octanol–water partition coefficient (Wildman–Crippen LogP) is 2.88. The summed E-state index contributed by atoms with van der Waals surface area (Å²) < 4.78 is 18.7. The van der Waals surface area contributed by atoms with Crippen LogP contribution in [-0.2, 0) is 13.2 Å². The number of hydrogen-bond donors (Lipinski definition) is 1. The smallest absolute Gasteiger partial charge is 0.128 e. The third kappa shape index (κ3) is 4.35. The van der Waals surface area contributed by atoms with Crippen LogP contribution in [0, 0.1) is 5.82 Å². The van der Waals surface area contributed by atoms with Gasteiger partial charge in [0.2, 0.25) is 0 Å². The van der Waals surface area contributed by atoms with Crippen molar-refractivity contribution in [2.75, 3.05) is 6.54 Å². The Kier molecular flexibility index (Phi) is 5.56. The lowest BCUT2D eigenvalue weighted by molar-refractivity contribution is -0.670. The molecular weight excluding hydrogens is 253 g/mol. The molecule has 0 saturated heterocycles. The van der Waals surface area contributed by atoms with Gasteiger partial charge in [0, 0.05) is 5.56 Å². The first kappa shape index (κ1) is 14.5. The van der Waals surface area contributed by atoms with Crippen molar-refractivity contribution in [3.63, 3.8) is 0 Å². The highest BCUT2D eigenvalue weighted by Gasteiger charge is 2.05. The molecule has 0 spiro atoms. The first-order chi connectivity index (χ1) is 9.79. The Morgan fingerprint density at radius 3 is 2.55 bits per heavy atom. The summed E-state index contributed by atoms with van der Waals surface area (Å²) in [4.78, 5) is 0. The Hall–Kier alpha value is -1.87. The van der Waals surface area contributed by atoms with Crippen LogP contribution in [0.5, 0.6) is 5.75 Å². The zero-order chi connectivity index (χ0) is 14.2. The van der Waals surface area contributed by atoms with Crippen molar-refractivity contribution in [1.29, 1.82) is 0 Å². The fraction of sp³-hybridized carbons (Fsp3) is 0.294. The van der Waals surface area contributed by atoms with E-state index in [2.05, 4.69) is 18.3 Å². The summed E-state index contributed by atoms with van der Waals surface area (Å²) in [7, 11) is 0. The molecule has 0 fully saturated rings. The molecule has 106 valence electrons. The van der Waals surface area contributed by atoms with Gasteiger partial charge in [-0.15, -0.1) is 0 Å². The number of para-hydroxylation sites is 1. The van der Waals surface area contributed by atoms with Crippen LogP contribution in [0.2, 0.25) is 0 Å². The predicted molar refractivity (Wildman–Crippen MR) is 78.0 cm³/mol. The van der Waals surface area contributed by atoms with Crippen molar-refractivity contribution in [1.82, 2.24) is 0 Å². The second kappa shape index (κ2) is 7.65. The van der Waals surface area contributed by atoms with Crippen LogP contribution in [0.1, 0.15) is 24.5 Å². The van der Waals surface area contributed by atoms with E-state index >= 15 is 0 Å². The standard InChI is InChI=1S/C17H20FNO/c1-2-11-19-12-15-5-3-4-6-17(15)20-13-14-7-9-16(18)10-8-14/h3-10,19H,2,11-13H2,1H3/p+1. The molecule has 0 aromatic heterocycles. The molecule has 2 N–H and O–H groups in total. The molecule has 0 saturated carbocycles. The summed E-state index contributed by atoms with van der Waals surface area (Å²) in [5, 5.41) is 2.28. The highest BCUT2D eigenvalue weighted by atomic mass is 19.1. The molecular formula is C17H21FNO+. The first-order valence-electron chi connectivity index (χ1n) is 7.06. The van der Waals surface area contributed by atoms with E-state index in [1.54, 1.807) is 12.1 Å². The van der Waals surface area contributed by atoms with E-state index in [-0.39, 0.29) is 5.82 Å². The minimum absolute atomic E-state index is 0.219. The zero-order valence-corrected chi connectivity index (χ0v) is 11.8. The molecule has 3 heteroatoms. The van der Waals surface area contributed by atoms with Gasteiger partial charge in [0.15, 0.2) is 0 Å². The summed E-state index contributed by atoms with van der Waals surface area (Å²) >= 11 is 0. The van der Waals surface area contributed by atoms with Gasteiger partial charge >= 0.3 is 0 Å². The van der Waals surface area contributed by atoms with Gasteiger partial charge in [-0.3, -0.25) is 0 Å². The summed E-state index contributed by atoms with van der Waals surface area (Å²) in [5.41, 5.74) is 2.17. The summed E-state index contributed by atoms with van der Waals surface area (Å²) in [6.07, 6.45) is 1.17. The lowest BCUT2D eigenvalue weighted by Gasteiger charge is -2.10. The van der Waals surface area contributed by atoms with Crippen LogP contribution in [-0.4, -0.2) is 6.54 Å². The Morgan fingerprint density at radius 2 is 1.80 bits per heavy atom. The molecule has 2 nitrogen and oxygen atoms in total. The molecule has 2 rings (SSSR count). The first-order valence-corrected chi connectivity index (χ1v) is 7.06. The van der Waals surface area contributed by atoms with Gasteiger partial charge in [0.1, 0.15) is 24.7 Å². The number of hydrogen-bond acceptors (Lipinski definition) is 1. The average Bonchev–Trinajstić information content (AvgIpc) is 2.48. The molecule has 0 amide bonds. The largest absolute Gasteiger partial charge is 0.488 e.